The van der Waals surface area contributed by atoms with Gasteiger partial charge in [-0.1, -0.05) is 12.1 Å². The monoisotopic (exact) mass is 274 g/mol. The van der Waals surface area contributed by atoms with Crippen LogP contribution >= 0.6 is 0 Å². The maximum absolute atomic E-state index is 11.0. The Morgan fingerprint density at radius 2 is 2.15 bits per heavy atom. The zero-order chi connectivity index (χ0) is 14.5. The zero-order valence-electron chi connectivity index (χ0n) is 11.2. The van der Waals surface area contributed by atoms with Crippen LogP contribution < -0.4 is 10.1 Å². The number of nitro groups is 1. The van der Waals surface area contributed by atoms with E-state index in [9.17, 15) is 10.1 Å². The molecule has 0 atom stereocenters. The summed E-state index contributed by atoms with van der Waals surface area (Å²) < 4.78 is 5.52. The Bertz CT molecular complexity index is 614. The second-order valence-electron chi connectivity index (χ2n) is 4.11. The molecule has 7 nitrogen and oxygen atoms in total. The number of benzene rings is 1. The third kappa shape index (κ3) is 3.00. The number of anilines is 1. The van der Waals surface area contributed by atoms with Crippen LogP contribution in [-0.2, 0) is 6.61 Å². The normalized spacial score (nSPS) is 10.1. The highest BCUT2D eigenvalue weighted by Crippen LogP contribution is 2.30. The Balaban J connectivity index is 2.16. The minimum Gasteiger partial charge on any atom is -0.480 e. The van der Waals surface area contributed by atoms with E-state index < -0.39 is 4.92 Å². The molecule has 0 radical (unpaired) electrons. The van der Waals surface area contributed by atoms with Crippen molar-refractivity contribution in [3.8, 4) is 5.75 Å². The standard InChI is InChI=1S/C13H14N4O3/c1-9-4-3-5-11(17(18)19)13(9)20-8-10-6-16-12(14-2)7-15-10/h3-7H,8H2,1-2H3,(H,14,16). The van der Waals surface area contributed by atoms with Crippen LogP contribution in [0.25, 0.3) is 0 Å². The number of nitro benzene ring substituents is 1. The van der Waals surface area contributed by atoms with Crippen LogP contribution in [0.4, 0.5) is 11.5 Å². The Labute approximate surface area is 115 Å². The minimum atomic E-state index is -0.460. The van der Waals surface area contributed by atoms with E-state index in [1.165, 1.54) is 6.07 Å². The quantitative estimate of drug-likeness (QED) is 0.664. The van der Waals surface area contributed by atoms with Gasteiger partial charge in [-0.2, -0.15) is 0 Å². The van der Waals surface area contributed by atoms with Gasteiger partial charge in [0.15, 0.2) is 5.75 Å². The molecule has 0 fully saturated rings. The molecule has 0 amide bonds. The van der Waals surface area contributed by atoms with Gasteiger partial charge in [0.2, 0.25) is 0 Å². The molecule has 0 saturated carbocycles. The summed E-state index contributed by atoms with van der Waals surface area (Å²) >= 11 is 0. The van der Waals surface area contributed by atoms with Crippen LogP contribution in [0, 0.1) is 17.0 Å². The Kier molecular flexibility index (Phi) is 4.09. The highest BCUT2D eigenvalue weighted by Gasteiger charge is 2.17. The van der Waals surface area contributed by atoms with Crippen molar-refractivity contribution in [3.63, 3.8) is 0 Å². The van der Waals surface area contributed by atoms with Crippen LogP contribution in [0.2, 0.25) is 0 Å². The summed E-state index contributed by atoms with van der Waals surface area (Å²) in [6.07, 6.45) is 3.14. The summed E-state index contributed by atoms with van der Waals surface area (Å²) in [4.78, 5) is 18.7. The molecule has 1 heterocycles. The van der Waals surface area contributed by atoms with Crippen LogP contribution in [0.15, 0.2) is 30.6 Å². The first-order chi connectivity index (χ1) is 9.61. The van der Waals surface area contributed by atoms with Crippen molar-refractivity contribution < 1.29 is 9.66 Å². The Morgan fingerprint density at radius 1 is 1.35 bits per heavy atom. The third-order valence-corrected chi connectivity index (χ3v) is 2.71. The highest BCUT2D eigenvalue weighted by atomic mass is 16.6. The molecule has 1 N–H and O–H groups in total. The second kappa shape index (κ2) is 5.96. The van der Waals surface area contributed by atoms with Crippen molar-refractivity contribution in [3.05, 3.63) is 52.0 Å². The van der Waals surface area contributed by atoms with Crippen molar-refractivity contribution in [1.82, 2.24) is 9.97 Å². The van der Waals surface area contributed by atoms with Crippen LogP contribution in [0.1, 0.15) is 11.3 Å². The van der Waals surface area contributed by atoms with E-state index in [0.29, 0.717) is 17.1 Å². The first-order valence-electron chi connectivity index (χ1n) is 5.97. The van der Waals surface area contributed by atoms with Crippen molar-refractivity contribution in [2.24, 2.45) is 0 Å². The highest BCUT2D eigenvalue weighted by molar-refractivity contribution is 5.51. The average molecular weight is 274 g/mol. The fourth-order valence-electron chi connectivity index (χ4n) is 1.67. The molecule has 0 saturated heterocycles. The van der Waals surface area contributed by atoms with E-state index in [1.54, 1.807) is 38.5 Å². The number of hydrogen-bond donors (Lipinski definition) is 1. The Hall–Kier alpha value is -2.70. The molecule has 0 aliphatic carbocycles. The number of nitrogens with one attached hydrogen (secondary N) is 1. The number of nitrogens with zero attached hydrogens (tertiary/aromatic N) is 3. The maximum Gasteiger partial charge on any atom is 0.311 e. The molecule has 20 heavy (non-hydrogen) atoms. The van der Waals surface area contributed by atoms with E-state index >= 15 is 0 Å². The molecule has 2 rings (SSSR count). The van der Waals surface area contributed by atoms with E-state index in [2.05, 4.69) is 15.3 Å². The summed E-state index contributed by atoms with van der Waals surface area (Å²) in [7, 11) is 1.75. The van der Waals surface area contributed by atoms with E-state index in [-0.39, 0.29) is 18.0 Å². The first kappa shape index (κ1) is 13.7. The number of para-hydroxylation sites is 1. The SMILES string of the molecule is CNc1cnc(COc2c(C)cccc2[N+](=O)[O-])cn1. The zero-order valence-corrected chi connectivity index (χ0v) is 11.2. The molecule has 0 aliphatic heterocycles. The first-order valence-corrected chi connectivity index (χ1v) is 5.97. The molecule has 7 heteroatoms. The molecule has 0 bridgehead atoms. The van der Waals surface area contributed by atoms with Gasteiger partial charge < -0.3 is 10.1 Å². The lowest BCUT2D eigenvalue weighted by atomic mass is 10.2. The molecule has 104 valence electrons. The van der Waals surface area contributed by atoms with Gasteiger partial charge in [-0.05, 0) is 12.5 Å². The summed E-state index contributed by atoms with van der Waals surface area (Å²) in [6, 6.07) is 4.80. The predicted molar refractivity (Wildman–Crippen MR) is 73.7 cm³/mol. The summed E-state index contributed by atoms with van der Waals surface area (Å²) in [6.45, 7) is 1.89. The Morgan fingerprint density at radius 3 is 2.75 bits per heavy atom. The smallest absolute Gasteiger partial charge is 0.311 e. The third-order valence-electron chi connectivity index (χ3n) is 2.71. The minimum absolute atomic E-state index is 0.0511. The molecule has 0 aliphatic rings. The molecule has 2 aromatic rings. The summed E-state index contributed by atoms with van der Waals surface area (Å²) in [5.74, 6) is 0.910. The predicted octanol–water partition coefficient (Wildman–Crippen LogP) is 2.31. The van der Waals surface area contributed by atoms with Gasteiger partial charge in [-0.15, -0.1) is 0 Å². The van der Waals surface area contributed by atoms with Crippen molar-refractivity contribution >= 4 is 11.5 Å². The van der Waals surface area contributed by atoms with Crippen molar-refractivity contribution in [2.45, 2.75) is 13.5 Å². The van der Waals surface area contributed by atoms with Gasteiger partial charge >= 0.3 is 5.69 Å². The van der Waals surface area contributed by atoms with Crippen LogP contribution in [0.5, 0.6) is 5.75 Å². The van der Waals surface area contributed by atoms with Gasteiger partial charge in [0, 0.05) is 13.1 Å². The average Bonchev–Trinajstić information content (AvgIpc) is 2.46. The number of hydrogen-bond acceptors (Lipinski definition) is 6. The molecule has 0 spiro atoms. The van der Waals surface area contributed by atoms with Crippen LogP contribution in [0.3, 0.4) is 0 Å². The molecular formula is C13H14N4O3. The lowest BCUT2D eigenvalue weighted by Crippen LogP contribution is -2.03. The fraction of sp³-hybridized carbons (Fsp3) is 0.231. The number of aryl methyl sites for hydroxylation is 1. The van der Waals surface area contributed by atoms with E-state index in [0.717, 1.165) is 0 Å². The van der Waals surface area contributed by atoms with Gasteiger partial charge in [0.25, 0.3) is 0 Å². The van der Waals surface area contributed by atoms with Gasteiger partial charge in [-0.25, -0.2) is 4.98 Å². The lowest BCUT2D eigenvalue weighted by molar-refractivity contribution is -0.386. The lowest BCUT2D eigenvalue weighted by Gasteiger charge is -2.09. The topological polar surface area (TPSA) is 90.2 Å². The van der Waals surface area contributed by atoms with Crippen molar-refractivity contribution in [1.29, 1.82) is 0 Å². The van der Waals surface area contributed by atoms with Gasteiger partial charge in [-0.3, -0.25) is 15.1 Å². The van der Waals surface area contributed by atoms with Crippen LogP contribution in [-0.4, -0.2) is 21.9 Å². The van der Waals surface area contributed by atoms with E-state index in [4.69, 9.17) is 4.74 Å². The fourth-order valence-corrected chi connectivity index (χ4v) is 1.67. The largest absolute Gasteiger partial charge is 0.480 e. The summed E-state index contributed by atoms with van der Waals surface area (Å²) in [5, 5.41) is 13.8. The molecule has 1 aromatic carbocycles. The molecule has 1 aromatic heterocycles. The molecule has 0 unspecified atom stereocenters. The van der Waals surface area contributed by atoms with E-state index in [1.807, 2.05) is 0 Å². The number of ether oxygens (including phenoxy) is 1. The molecular weight excluding hydrogens is 260 g/mol. The number of rotatable bonds is 5. The van der Waals surface area contributed by atoms with Gasteiger partial charge in [0.1, 0.15) is 12.4 Å². The van der Waals surface area contributed by atoms with Gasteiger partial charge in [0.05, 0.1) is 23.0 Å². The van der Waals surface area contributed by atoms with Crippen molar-refractivity contribution in [2.75, 3.05) is 12.4 Å². The summed E-state index contributed by atoms with van der Waals surface area (Å²) in [5.41, 5.74) is 1.25. The second-order valence-corrected chi connectivity index (χ2v) is 4.11. The maximum atomic E-state index is 11.0. The number of aromatic nitrogens is 2.